The highest BCUT2D eigenvalue weighted by Gasteiger charge is 2.65. The normalized spacial score (nSPS) is 25.6. The van der Waals surface area contributed by atoms with Crippen LogP contribution in [0.4, 0.5) is 11.5 Å². The lowest BCUT2D eigenvalue weighted by atomic mass is 10.0. The smallest absolute Gasteiger partial charge is 0.318 e. The predicted molar refractivity (Wildman–Crippen MR) is 155 cm³/mol. The van der Waals surface area contributed by atoms with Crippen LogP contribution in [0.15, 0.2) is 42.5 Å². The van der Waals surface area contributed by atoms with E-state index in [9.17, 15) is 10.4 Å². The molecule has 9 nitrogen and oxygen atoms in total. The summed E-state index contributed by atoms with van der Waals surface area (Å²) in [7, 11) is 0. The van der Waals surface area contributed by atoms with Gasteiger partial charge in [-0.1, -0.05) is 36.4 Å². The highest BCUT2D eigenvalue weighted by atomic mass is 16.5. The Morgan fingerprint density at radius 2 is 2.00 bits per heavy atom. The summed E-state index contributed by atoms with van der Waals surface area (Å²) in [6, 6.07) is 17.9. The fraction of sp³-hybridized carbons (Fsp3) is 0.516. The molecule has 9 heteroatoms. The van der Waals surface area contributed by atoms with Crippen molar-refractivity contribution in [2.24, 2.45) is 5.92 Å². The maximum atomic E-state index is 9.75. The molecule has 4 aliphatic rings. The summed E-state index contributed by atoms with van der Waals surface area (Å²) < 4.78 is 6.20. The lowest BCUT2D eigenvalue weighted by molar-refractivity contribution is 0.0244. The molecular formula is C31H37N7O2. The number of nitrogens with zero attached hydrogens (tertiary/aromatic N) is 6. The molecule has 7 rings (SSSR count). The maximum Gasteiger partial charge on any atom is 0.318 e. The van der Waals surface area contributed by atoms with Gasteiger partial charge >= 0.3 is 6.01 Å². The van der Waals surface area contributed by atoms with Crippen LogP contribution in [0.3, 0.4) is 0 Å². The lowest BCUT2D eigenvalue weighted by Crippen LogP contribution is -2.53. The van der Waals surface area contributed by atoms with Crippen molar-refractivity contribution in [1.82, 2.24) is 20.2 Å². The highest BCUT2D eigenvalue weighted by molar-refractivity contribution is 5.94. The number of ether oxygens (including phenoxy) is 1. The molecule has 1 aliphatic carbocycles. The largest absolute Gasteiger partial charge is 0.463 e. The Hall–Kier alpha value is -3.45. The molecule has 1 aromatic heterocycles. The molecule has 0 spiro atoms. The molecule has 2 N–H and O–H groups in total. The van der Waals surface area contributed by atoms with Crippen LogP contribution in [0, 0.1) is 17.2 Å². The summed E-state index contributed by atoms with van der Waals surface area (Å²) in [5.74, 6) is 1.66. The van der Waals surface area contributed by atoms with Crippen LogP contribution in [0.2, 0.25) is 0 Å². The highest BCUT2D eigenvalue weighted by Crippen LogP contribution is 2.57. The van der Waals surface area contributed by atoms with Crippen LogP contribution in [0.25, 0.3) is 10.8 Å². The van der Waals surface area contributed by atoms with Gasteiger partial charge in [0, 0.05) is 67.5 Å². The van der Waals surface area contributed by atoms with Crippen molar-refractivity contribution in [3.05, 3.63) is 53.7 Å². The molecule has 3 atom stereocenters. The Balaban J connectivity index is 1.13. The molecule has 0 radical (unpaired) electrons. The first-order chi connectivity index (χ1) is 19.7. The van der Waals surface area contributed by atoms with E-state index in [-0.39, 0.29) is 18.2 Å². The third-order valence-electron chi connectivity index (χ3n) is 9.37. The summed E-state index contributed by atoms with van der Waals surface area (Å²) in [5.41, 5.74) is 3.53. The van der Waals surface area contributed by atoms with Crippen molar-refractivity contribution in [3.8, 4) is 12.1 Å². The number of hydrogen-bond acceptors (Lipinski definition) is 9. The van der Waals surface area contributed by atoms with E-state index >= 15 is 0 Å². The van der Waals surface area contributed by atoms with Gasteiger partial charge in [0.15, 0.2) is 0 Å². The summed E-state index contributed by atoms with van der Waals surface area (Å²) in [5, 5.41) is 25.0. The van der Waals surface area contributed by atoms with Gasteiger partial charge in [0.1, 0.15) is 5.82 Å². The number of nitrogens with one attached hydrogen (secondary N) is 1. The van der Waals surface area contributed by atoms with Crippen LogP contribution in [0.1, 0.15) is 30.5 Å². The molecule has 2 saturated heterocycles. The second kappa shape index (κ2) is 10.5. The van der Waals surface area contributed by atoms with E-state index in [0.29, 0.717) is 31.5 Å². The zero-order valence-electron chi connectivity index (χ0n) is 22.9. The van der Waals surface area contributed by atoms with Crippen molar-refractivity contribution in [2.45, 2.75) is 43.8 Å². The third-order valence-corrected chi connectivity index (χ3v) is 9.37. The molecule has 1 saturated carbocycles. The van der Waals surface area contributed by atoms with E-state index in [1.165, 1.54) is 22.0 Å². The molecule has 4 heterocycles. The van der Waals surface area contributed by atoms with Gasteiger partial charge in [-0.3, -0.25) is 4.90 Å². The zero-order chi connectivity index (χ0) is 27.1. The maximum absolute atomic E-state index is 9.75. The molecule has 40 heavy (non-hydrogen) atoms. The standard InChI is InChI=1S/C31H37N7O2/c32-11-9-24-19-37(15-12-33-24)29-26-10-14-36(28-8-3-6-22-5-1-2-7-25(22)28)20-27(26)34-30(35-29)40-16-4-13-38-18-23-17-31(23,38)21-39/h1-3,5-8,23-24,33,39H,4,9-10,12-21H2. The number of anilines is 2. The molecular weight excluding hydrogens is 502 g/mol. The topological polar surface area (TPSA) is 101 Å². The second-order valence-corrected chi connectivity index (χ2v) is 11.7. The molecule has 3 aliphatic heterocycles. The fourth-order valence-corrected chi connectivity index (χ4v) is 7.02. The van der Waals surface area contributed by atoms with Crippen molar-refractivity contribution in [1.29, 1.82) is 5.26 Å². The van der Waals surface area contributed by atoms with Crippen LogP contribution in [-0.4, -0.2) is 84.0 Å². The number of piperazine rings is 1. The van der Waals surface area contributed by atoms with Gasteiger partial charge in [0.25, 0.3) is 0 Å². The lowest BCUT2D eigenvalue weighted by Gasteiger charge is -2.39. The van der Waals surface area contributed by atoms with Crippen molar-refractivity contribution >= 4 is 22.3 Å². The van der Waals surface area contributed by atoms with Crippen LogP contribution in [0.5, 0.6) is 6.01 Å². The molecule has 3 fully saturated rings. The Labute approximate surface area is 235 Å². The number of aromatic nitrogens is 2. The number of rotatable bonds is 9. The Morgan fingerprint density at radius 3 is 2.85 bits per heavy atom. The summed E-state index contributed by atoms with van der Waals surface area (Å²) in [6.45, 7) is 6.86. The van der Waals surface area contributed by atoms with Gasteiger partial charge in [-0.25, -0.2) is 0 Å². The summed E-state index contributed by atoms with van der Waals surface area (Å²) >= 11 is 0. The predicted octanol–water partition coefficient (Wildman–Crippen LogP) is 2.72. The van der Waals surface area contributed by atoms with Gasteiger partial charge in [0.2, 0.25) is 0 Å². The SMILES string of the molecule is N#CCC1CN(c2nc(OCCCN3CC4CC43CO)nc3c2CCN(c2cccc4ccccc24)C3)CCN1. The quantitative estimate of drug-likeness (QED) is 0.398. The van der Waals surface area contributed by atoms with Crippen molar-refractivity contribution in [3.63, 3.8) is 0 Å². The second-order valence-electron chi connectivity index (χ2n) is 11.7. The molecule has 3 unspecified atom stereocenters. The Morgan fingerprint density at radius 1 is 1.10 bits per heavy atom. The van der Waals surface area contributed by atoms with Crippen molar-refractivity contribution in [2.75, 3.05) is 62.3 Å². The third kappa shape index (κ3) is 4.54. The van der Waals surface area contributed by atoms with E-state index in [1.54, 1.807) is 0 Å². The van der Waals surface area contributed by atoms with Gasteiger partial charge < -0.3 is 25.0 Å². The Bertz CT molecular complexity index is 1430. The van der Waals surface area contributed by atoms with Crippen LogP contribution in [-0.2, 0) is 13.0 Å². The number of fused-ring (bicyclic) bond motifs is 3. The van der Waals surface area contributed by atoms with Gasteiger partial charge in [-0.05, 0) is 36.6 Å². The van der Waals surface area contributed by atoms with Crippen molar-refractivity contribution < 1.29 is 9.84 Å². The number of aliphatic hydroxyl groups is 1. The first-order valence-electron chi connectivity index (χ1n) is 14.6. The first-order valence-corrected chi connectivity index (χ1v) is 14.6. The summed E-state index contributed by atoms with van der Waals surface area (Å²) in [4.78, 5) is 17.1. The first kappa shape index (κ1) is 25.5. The number of benzene rings is 2. The van der Waals surface area contributed by atoms with Gasteiger partial charge in [0.05, 0.1) is 37.9 Å². The average molecular weight is 540 g/mol. The van der Waals surface area contributed by atoms with E-state index in [0.717, 1.165) is 70.0 Å². The van der Waals surface area contributed by atoms with Gasteiger partial charge in [-0.15, -0.1) is 0 Å². The number of hydrogen-bond donors (Lipinski definition) is 2. The minimum Gasteiger partial charge on any atom is -0.463 e. The molecule has 2 aromatic carbocycles. The number of aliphatic hydroxyl groups excluding tert-OH is 1. The molecule has 3 aromatic rings. The monoisotopic (exact) mass is 539 g/mol. The summed E-state index contributed by atoms with van der Waals surface area (Å²) in [6.07, 6.45) is 3.35. The number of likely N-dealkylation sites (tertiary alicyclic amines) is 1. The van der Waals surface area contributed by atoms with E-state index in [2.05, 4.69) is 68.6 Å². The fourth-order valence-electron chi connectivity index (χ4n) is 7.02. The average Bonchev–Trinajstić information content (AvgIpc) is 3.59. The molecule has 0 amide bonds. The van der Waals surface area contributed by atoms with Crippen LogP contribution >= 0.6 is 0 Å². The minimum atomic E-state index is 0.0722. The molecule has 0 bridgehead atoms. The Kier molecular flexibility index (Phi) is 6.70. The number of nitriles is 1. The van der Waals surface area contributed by atoms with E-state index < -0.39 is 0 Å². The van der Waals surface area contributed by atoms with E-state index in [4.69, 9.17) is 14.7 Å². The molecule has 208 valence electrons. The van der Waals surface area contributed by atoms with E-state index in [1.807, 2.05) is 0 Å². The van der Waals surface area contributed by atoms with Crippen LogP contribution < -0.4 is 19.9 Å². The minimum absolute atomic E-state index is 0.0722. The zero-order valence-corrected chi connectivity index (χ0v) is 22.9. The van der Waals surface area contributed by atoms with Gasteiger partial charge in [-0.2, -0.15) is 15.2 Å².